The number of carbonyl (C=O) groups excluding carboxylic acids is 2. The molecule has 0 aliphatic carbocycles. The van der Waals surface area contributed by atoms with Crippen LogP contribution in [-0.4, -0.2) is 21.7 Å². The van der Waals surface area contributed by atoms with Gasteiger partial charge in [0.15, 0.2) is 5.78 Å². The minimum absolute atomic E-state index is 0.0483. The van der Waals surface area contributed by atoms with E-state index in [1.807, 2.05) is 0 Å². The highest BCUT2D eigenvalue weighted by atomic mass is 35.5. The number of halogens is 4. The summed E-state index contributed by atoms with van der Waals surface area (Å²) in [6.45, 7) is 0. The second-order valence-electron chi connectivity index (χ2n) is 6.82. The van der Waals surface area contributed by atoms with Gasteiger partial charge >= 0.3 is 6.18 Å². The van der Waals surface area contributed by atoms with Gasteiger partial charge in [-0.3, -0.25) is 19.6 Å². The summed E-state index contributed by atoms with van der Waals surface area (Å²) in [6.07, 6.45) is -1.53. The maximum absolute atomic E-state index is 12.9. The third-order valence-electron chi connectivity index (χ3n) is 4.65. The van der Waals surface area contributed by atoms with E-state index in [-0.39, 0.29) is 11.3 Å². The van der Waals surface area contributed by atoms with Gasteiger partial charge in [-0.15, -0.1) is 0 Å². The highest BCUT2D eigenvalue weighted by Gasteiger charge is 2.33. The Morgan fingerprint density at radius 3 is 2.22 bits per heavy atom. The SMILES string of the molecule is O=C(Nc1cccc(C(=O)c2ccc3nccnc3c2)c1)c1ccc(C(F)(F)F)c(Cl)c1. The highest BCUT2D eigenvalue weighted by molar-refractivity contribution is 6.32. The number of anilines is 1. The number of hydrogen-bond donors (Lipinski definition) is 1. The molecule has 0 aliphatic heterocycles. The van der Waals surface area contributed by atoms with Gasteiger partial charge in [-0.25, -0.2) is 0 Å². The maximum Gasteiger partial charge on any atom is 0.417 e. The Morgan fingerprint density at radius 2 is 1.50 bits per heavy atom. The molecule has 0 radical (unpaired) electrons. The van der Waals surface area contributed by atoms with E-state index in [0.717, 1.165) is 18.2 Å². The van der Waals surface area contributed by atoms with Crippen molar-refractivity contribution in [2.45, 2.75) is 6.18 Å². The summed E-state index contributed by atoms with van der Waals surface area (Å²) in [5, 5.41) is 1.99. The van der Waals surface area contributed by atoms with Crippen LogP contribution in [0.3, 0.4) is 0 Å². The molecule has 32 heavy (non-hydrogen) atoms. The lowest BCUT2D eigenvalue weighted by Gasteiger charge is -2.11. The molecule has 0 aliphatic rings. The monoisotopic (exact) mass is 455 g/mol. The molecule has 0 fully saturated rings. The standard InChI is InChI=1S/C23H13ClF3N3O2/c24-18-11-15(4-6-17(18)23(25,26)27)22(32)30-16-3-1-2-13(10-16)21(31)14-5-7-19-20(12-14)29-9-8-28-19/h1-12H,(H,30,32). The summed E-state index contributed by atoms with van der Waals surface area (Å²) in [5.74, 6) is -0.947. The number of nitrogens with one attached hydrogen (secondary N) is 1. The van der Waals surface area contributed by atoms with Gasteiger partial charge in [0.1, 0.15) is 0 Å². The van der Waals surface area contributed by atoms with Crippen molar-refractivity contribution in [1.82, 2.24) is 9.97 Å². The van der Waals surface area contributed by atoms with Crippen molar-refractivity contribution in [3.63, 3.8) is 0 Å². The van der Waals surface area contributed by atoms with Crippen molar-refractivity contribution in [3.8, 4) is 0 Å². The predicted octanol–water partition coefficient (Wildman–Crippen LogP) is 5.79. The molecular formula is C23H13ClF3N3O2. The molecule has 9 heteroatoms. The van der Waals surface area contributed by atoms with Gasteiger partial charge < -0.3 is 5.32 Å². The van der Waals surface area contributed by atoms with E-state index in [1.165, 1.54) is 12.3 Å². The minimum atomic E-state index is -4.62. The first-order valence-electron chi connectivity index (χ1n) is 9.26. The van der Waals surface area contributed by atoms with Crippen molar-refractivity contribution >= 4 is 40.0 Å². The maximum atomic E-state index is 12.9. The summed E-state index contributed by atoms with van der Waals surface area (Å²) < 4.78 is 38.6. The van der Waals surface area contributed by atoms with Gasteiger partial charge in [-0.1, -0.05) is 23.7 Å². The first kappa shape index (κ1) is 21.5. The highest BCUT2D eigenvalue weighted by Crippen LogP contribution is 2.35. The number of alkyl halides is 3. The molecule has 0 spiro atoms. The molecule has 4 rings (SSSR count). The first-order valence-corrected chi connectivity index (χ1v) is 9.64. The molecule has 5 nitrogen and oxygen atoms in total. The third kappa shape index (κ3) is 4.45. The minimum Gasteiger partial charge on any atom is -0.322 e. The Morgan fingerprint density at radius 1 is 0.812 bits per heavy atom. The zero-order valence-electron chi connectivity index (χ0n) is 16.2. The Labute approximate surface area is 184 Å². The van der Waals surface area contributed by atoms with E-state index in [0.29, 0.717) is 27.8 Å². The van der Waals surface area contributed by atoms with E-state index in [2.05, 4.69) is 15.3 Å². The Hall–Kier alpha value is -3.78. The van der Waals surface area contributed by atoms with Crippen LogP contribution in [0.5, 0.6) is 0 Å². The molecule has 4 aromatic rings. The van der Waals surface area contributed by atoms with Crippen molar-refractivity contribution in [1.29, 1.82) is 0 Å². The molecule has 1 amide bonds. The number of aromatic nitrogens is 2. The number of rotatable bonds is 4. The molecule has 0 unspecified atom stereocenters. The van der Waals surface area contributed by atoms with Crippen LogP contribution in [0.1, 0.15) is 31.8 Å². The molecule has 1 heterocycles. The molecule has 1 N–H and O–H groups in total. The third-order valence-corrected chi connectivity index (χ3v) is 4.96. The van der Waals surface area contributed by atoms with Gasteiger partial charge in [-0.05, 0) is 48.5 Å². The smallest absolute Gasteiger partial charge is 0.322 e. The first-order chi connectivity index (χ1) is 15.2. The van der Waals surface area contributed by atoms with Gasteiger partial charge in [0.25, 0.3) is 5.91 Å². The molecule has 160 valence electrons. The van der Waals surface area contributed by atoms with Crippen LogP contribution in [0.25, 0.3) is 11.0 Å². The van der Waals surface area contributed by atoms with E-state index in [4.69, 9.17) is 11.6 Å². The Bertz CT molecular complexity index is 1360. The molecular weight excluding hydrogens is 443 g/mol. The van der Waals surface area contributed by atoms with Gasteiger partial charge in [0.2, 0.25) is 0 Å². The molecule has 0 saturated heterocycles. The van der Waals surface area contributed by atoms with E-state index < -0.39 is 22.7 Å². The summed E-state index contributed by atoms with van der Waals surface area (Å²) in [5.41, 5.74) is 1.17. The van der Waals surface area contributed by atoms with Crippen LogP contribution in [0, 0.1) is 0 Å². The number of carbonyl (C=O) groups is 2. The van der Waals surface area contributed by atoms with Crippen molar-refractivity contribution in [2.24, 2.45) is 0 Å². The normalized spacial score (nSPS) is 11.4. The van der Waals surface area contributed by atoms with Gasteiger partial charge in [0.05, 0.1) is 21.6 Å². The number of hydrogen-bond acceptors (Lipinski definition) is 4. The van der Waals surface area contributed by atoms with E-state index in [1.54, 1.807) is 42.6 Å². The second-order valence-corrected chi connectivity index (χ2v) is 7.22. The fourth-order valence-electron chi connectivity index (χ4n) is 3.10. The molecule has 1 aromatic heterocycles. The van der Waals surface area contributed by atoms with E-state index in [9.17, 15) is 22.8 Å². The van der Waals surface area contributed by atoms with Gasteiger partial charge in [0, 0.05) is 34.8 Å². The number of amides is 1. The van der Waals surface area contributed by atoms with Crippen LogP contribution in [0.15, 0.2) is 73.1 Å². The van der Waals surface area contributed by atoms with Crippen LogP contribution < -0.4 is 5.32 Å². The van der Waals surface area contributed by atoms with E-state index >= 15 is 0 Å². The second kappa shape index (κ2) is 8.39. The van der Waals surface area contributed by atoms with Crippen molar-refractivity contribution < 1.29 is 22.8 Å². The zero-order chi connectivity index (χ0) is 22.9. The number of ketones is 1. The topological polar surface area (TPSA) is 72.0 Å². The fourth-order valence-corrected chi connectivity index (χ4v) is 3.39. The number of benzene rings is 3. The molecule has 3 aromatic carbocycles. The summed E-state index contributed by atoms with van der Waals surface area (Å²) >= 11 is 5.68. The quantitative estimate of drug-likeness (QED) is 0.396. The largest absolute Gasteiger partial charge is 0.417 e. The fraction of sp³-hybridized carbons (Fsp3) is 0.0435. The Kier molecular flexibility index (Phi) is 5.63. The molecule has 0 saturated carbocycles. The number of nitrogens with zero attached hydrogens (tertiary/aromatic N) is 2. The molecule has 0 bridgehead atoms. The zero-order valence-corrected chi connectivity index (χ0v) is 16.9. The summed E-state index contributed by atoms with van der Waals surface area (Å²) in [4.78, 5) is 33.7. The lowest BCUT2D eigenvalue weighted by atomic mass is 10.0. The van der Waals surface area contributed by atoms with Crippen LogP contribution in [-0.2, 0) is 6.18 Å². The average molecular weight is 456 g/mol. The van der Waals surface area contributed by atoms with Crippen LogP contribution in [0.4, 0.5) is 18.9 Å². The summed E-state index contributed by atoms with van der Waals surface area (Å²) in [7, 11) is 0. The predicted molar refractivity (Wildman–Crippen MR) is 114 cm³/mol. The lowest BCUT2D eigenvalue weighted by molar-refractivity contribution is -0.137. The Balaban J connectivity index is 1.55. The summed E-state index contributed by atoms with van der Waals surface area (Å²) in [6, 6.07) is 13.9. The van der Waals surface area contributed by atoms with Crippen LogP contribution >= 0.6 is 11.6 Å². The van der Waals surface area contributed by atoms with Crippen molar-refractivity contribution in [2.75, 3.05) is 5.32 Å². The van der Waals surface area contributed by atoms with Gasteiger partial charge in [-0.2, -0.15) is 13.2 Å². The van der Waals surface area contributed by atoms with Crippen molar-refractivity contribution in [3.05, 3.63) is 100 Å². The van der Waals surface area contributed by atoms with Crippen LogP contribution in [0.2, 0.25) is 5.02 Å². The number of fused-ring (bicyclic) bond motifs is 1. The average Bonchev–Trinajstić information content (AvgIpc) is 2.77. The lowest BCUT2D eigenvalue weighted by Crippen LogP contribution is -2.14. The molecule has 0 atom stereocenters.